The van der Waals surface area contributed by atoms with Crippen LogP contribution >= 0.6 is 23.4 Å². The van der Waals surface area contributed by atoms with E-state index in [0.717, 1.165) is 4.90 Å². The molecule has 2 aromatic rings. The van der Waals surface area contributed by atoms with Crippen molar-refractivity contribution in [1.29, 1.82) is 10.5 Å². The number of hydrogen-bond acceptors (Lipinski definition) is 5. The van der Waals surface area contributed by atoms with Gasteiger partial charge in [-0.25, -0.2) is 4.39 Å². The molecule has 1 unspecified atom stereocenters. The molecular formula is C20H10ClFN4OS. The molecule has 1 atom stereocenters. The summed E-state index contributed by atoms with van der Waals surface area (Å²) in [5.41, 5.74) is 6.53. The Labute approximate surface area is 169 Å². The van der Waals surface area contributed by atoms with Crippen LogP contribution in [0.5, 0.6) is 0 Å². The first kappa shape index (κ1) is 18.1. The first-order chi connectivity index (χ1) is 13.5. The van der Waals surface area contributed by atoms with Crippen molar-refractivity contribution in [3.8, 4) is 12.1 Å². The average Bonchev–Trinajstić information content (AvgIpc) is 2.68. The summed E-state index contributed by atoms with van der Waals surface area (Å²) in [7, 11) is 0. The molecule has 4 rings (SSSR count). The highest BCUT2D eigenvalue weighted by Crippen LogP contribution is 2.50. The van der Waals surface area contributed by atoms with Crippen LogP contribution in [-0.2, 0) is 0 Å². The molecule has 2 N–H and O–H groups in total. The Balaban J connectivity index is 2.04. The summed E-state index contributed by atoms with van der Waals surface area (Å²) in [5.74, 6) is -2.33. The fraction of sp³-hybridized carbons (Fsp3) is 0.0500. The number of carbonyl (C=O) groups excluding carboxylic acids is 1. The largest absolute Gasteiger partial charge is 0.384 e. The van der Waals surface area contributed by atoms with E-state index in [1.807, 2.05) is 12.1 Å². The van der Waals surface area contributed by atoms with Crippen molar-refractivity contribution in [3.63, 3.8) is 0 Å². The maximum absolute atomic E-state index is 14.6. The Morgan fingerprint density at radius 3 is 2.50 bits per heavy atom. The molecule has 5 nitrogen and oxygen atoms in total. The van der Waals surface area contributed by atoms with Gasteiger partial charge in [0.25, 0.3) is 5.91 Å². The molecule has 2 heterocycles. The van der Waals surface area contributed by atoms with Crippen molar-refractivity contribution in [2.45, 2.75) is 10.8 Å². The minimum absolute atomic E-state index is 0.0146. The van der Waals surface area contributed by atoms with Gasteiger partial charge in [-0.05, 0) is 24.3 Å². The number of rotatable bonds is 1. The van der Waals surface area contributed by atoms with Crippen molar-refractivity contribution < 1.29 is 9.18 Å². The van der Waals surface area contributed by atoms with Gasteiger partial charge in [0.1, 0.15) is 16.7 Å². The summed E-state index contributed by atoms with van der Waals surface area (Å²) >= 11 is 7.38. The summed E-state index contributed by atoms with van der Waals surface area (Å²) < 4.78 is 14.6. The van der Waals surface area contributed by atoms with Crippen LogP contribution in [0.2, 0.25) is 5.02 Å². The zero-order valence-electron chi connectivity index (χ0n) is 14.1. The van der Waals surface area contributed by atoms with E-state index in [-0.39, 0.29) is 32.6 Å². The van der Waals surface area contributed by atoms with Gasteiger partial charge in [-0.1, -0.05) is 41.6 Å². The molecule has 0 radical (unpaired) electrons. The molecular weight excluding hydrogens is 399 g/mol. The lowest BCUT2D eigenvalue weighted by atomic mass is 9.83. The molecule has 136 valence electrons. The van der Waals surface area contributed by atoms with Gasteiger partial charge in [-0.2, -0.15) is 10.5 Å². The number of carbonyl (C=O) groups is 1. The van der Waals surface area contributed by atoms with E-state index < -0.39 is 17.6 Å². The predicted octanol–water partition coefficient (Wildman–Crippen LogP) is 4.25. The lowest BCUT2D eigenvalue weighted by molar-refractivity contribution is 0.0841. The maximum Gasteiger partial charge on any atom is 0.265 e. The fourth-order valence-corrected chi connectivity index (χ4v) is 4.77. The first-order valence-corrected chi connectivity index (χ1v) is 9.28. The van der Waals surface area contributed by atoms with Crippen LogP contribution in [0, 0.1) is 28.5 Å². The van der Waals surface area contributed by atoms with E-state index in [2.05, 4.69) is 0 Å². The van der Waals surface area contributed by atoms with Crippen molar-refractivity contribution in [2.75, 3.05) is 0 Å². The lowest BCUT2D eigenvalue weighted by Crippen LogP contribution is -2.40. The first-order valence-electron chi connectivity index (χ1n) is 8.08. The number of thioether (sulfide) groups is 1. The number of allylic oxidation sites excluding steroid dienone is 2. The standard InChI is InChI=1S/C20H10ClFN4OS/c21-13-5-3-6-14(22)17(13)16-11(8-23)18(25)26-19(27)10-4-1-2-7-15(10)28-20(26)12(16)9-24/h1-7,16H,25H2. The van der Waals surface area contributed by atoms with E-state index in [4.69, 9.17) is 17.3 Å². The number of fused-ring (bicyclic) bond motifs is 2. The summed E-state index contributed by atoms with van der Waals surface area (Å²) in [6, 6.07) is 15.0. The van der Waals surface area contributed by atoms with Crippen LogP contribution in [0.3, 0.4) is 0 Å². The van der Waals surface area contributed by atoms with E-state index >= 15 is 0 Å². The third-order valence-electron chi connectivity index (χ3n) is 4.58. The van der Waals surface area contributed by atoms with E-state index in [1.54, 1.807) is 24.3 Å². The van der Waals surface area contributed by atoms with Gasteiger partial charge >= 0.3 is 0 Å². The number of halogens is 2. The highest BCUT2D eigenvalue weighted by molar-refractivity contribution is 8.03. The second kappa shape index (κ2) is 6.72. The predicted molar refractivity (Wildman–Crippen MR) is 102 cm³/mol. The van der Waals surface area contributed by atoms with Crippen LogP contribution in [0.4, 0.5) is 4.39 Å². The van der Waals surface area contributed by atoms with Crippen LogP contribution in [0.1, 0.15) is 21.8 Å². The molecule has 0 fully saturated rings. The van der Waals surface area contributed by atoms with E-state index in [1.165, 1.54) is 30.0 Å². The van der Waals surface area contributed by atoms with Gasteiger partial charge in [0.05, 0.1) is 34.8 Å². The Hall–Kier alpha value is -3.26. The van der Waals surface area contributed by atoms with Gasteiger partial charge in [0.2, 0.25) is 0 Å². The normalized spacial score (nSPS) is 18.4. The van der Waals surface area contributed by atoms with Crippen LogP contribution < -0.4 is 5.73 Å². The molecule has 28 heavy (non-hydrogen) atoms. The number of nitrogens with zero attached hydrogens (tertiary/aromatic N) is 3. The van der Waals surface area contributed by atoms with E-state index in [9.17, 15) is 19.7 Å². The van der Waals surface area contributed by atoms with Gasteiger partial charge < -0.3 is 5.73 Å². The van der Waals surface area contributed by atoms with Gasteiger partial charge in [0.15, 0.2) is 0 Å². The zero-order chi connectivity index (χ0) is 20.0. The molecule has 0 saturated heterocycles. The summed E-state index contributed by atoms with van der Waals surface area (Å²) in [5, 5.41) is 19.9. The zero-order valence-corrected chi connectivity index (χ0v) is 15.7. The van der Waals surface area contributed by atoms with Gasteiger partial charge in [-0.15, -0.1) is 0 Å². The number of nitriles is 2. The topological polar surface area (TPSA) is 93.9 Å². The summed E-state index contributed by atoms with van der Waals surface area (Å²) in [6.45, 7) is 0. The Morgan fingerprint density at radius 2 is 1.82 bits per heavy atom. The van der Waals surface area contributed by atoms with Crippen LogP contribution in [-0.4, -0.2) is 10.8 Å². The SMILES string of the molecule is N#CC1=C(N)N2C(=O)c3ccccc3SC2=C(C#N)C1c1c(F)cccc1Cl. The smallest absolute Gasteiger partial charge is 0.265 e. The third-order valence-corrected chi connectivity index (χ3v) is 6.09. The van der Waals surface area contributed by atoms with Crippen molar-refractivity contribution in [1.82, 2.24) is 4.90 Å². The summed E-state index contributed by atoms with van der Waals surface area (Å²) in [6.07, 6.45) is 0. The number of hydrogen-bond donors (Lipinski definition) is 1. The van der Waals surface area contributed by atoms with Crippen molar-refractivity contribution >= 4 is 29.3 Å². The third kappa shape index (κ3) is 2.49. The molecule has 0 aliphatic carbocycles. The average molecular weight is 409 g/mol. The molecule has 2 aliphatic rings. The van der Waals surface area contributed by atoms with Crippen molar-refractivity contribution in [2.24, 2.45) is 5.73 Å². The number of nitrogens with two attached hydrogens (primary N) is 1. The number of amides is 1. The van der Waals surface area contributed by atoms with Crippen LogP contribution in [0.25, 0.3) is 0 Å². The highest BCUT2D eigenvalue weighted by atomic mass is 35.5. The van der Waals surface area contributed by atoms with Crippen LogP contribution in [0.15, 0.2) is 69.4 Å². The van der Waals surface area contributed by atoms with Gasteiger partial charge in [0, 0.05) is 15.5 Å². The Bertz CT molecular complexity index is 1170. The van der Waals surface area contributed by atoms with Crippen molar-refractivity contribution in [3.05, 3.63) is 86.4 Å². The second-order valence-corrected chi connectivity index (χ2v) is 7.49. The molecule has 8 heteroatoms. The molecule has 0 bridgehead atoms. The second-order valence-electron chi connectivity index (χ2n) is 6.05. The minimum Gasteiger partial charge on any atom is -0.384 e. The fourth-order valence-electron chi connectivity index (χ4n) is 3.33. The maximum atomic E-state index is 14.6. The molecule has 0 aromatic heterocycles. The molecule has 2 aromatic carbocycles. The highest BCUT2D eigenvalue weighted by Gasteiger charge is 2.43. The molecule has 2 aliphatic heterocycles. The number of benzene rings is 2. The van der Waals surface area contributed by atoms with Gasteiger partial charge in [-0.3, -0.25) is 9.69 Å². The van der Waals surface area contributed by atoms with E-state index in [0.29, 0.717) is 10.5 Å². The quantitative estimate of drug-likeness (QED) is 0.761. The molecule has 0 saturated carbocycles. The summed E-state index contributed by atoms with van der Waals surface area (Å²) in [4.78, 5) is 14.8. The Morgan fingerprint density at radius 1 is 1.11 bits per heavy atom. The molecule has 0 spiro atoms. The lowest BCUT2D eigenvalue weighted by Gasteiger charge is -2.37. The monoisotopic (exact) mass is 408 g/mol. The molecule has 1 amide bonds. The Kier molecular flexibility index (Phi) is 4.35. The minimum atomic E-state index is -1.10.